The SMILES string of the molecule is CC1NCc2c(sc3ccccc23)C1c1ccccc1. The molecule has 100 valence electrons. The van der Waals surface area contributed by atoms with Crippen LogP contribution in [-0.2, 0) is 6.54 Å². The lowest BCUT2D eigenvalue weighted by atomic mass is 9.85. The summed E-state index contributed by atoms with van der Waals surface area (Å²) in [6, 6.07) is 20.1. The molecule has 0 radical (unpaired) electrons. The fraction of sp³-hybridized carbons (Fsp3) is 0.222. The Morgan fingerprint density at radius 3 is 2.60 bits per heavy atom. The molecule has 0 amide bonds. The van der Waals surface area contributed by atoms with Crippen molar-refractivity contribution >= 4 is 21.4 Å². The average Bonchev–Trinajstić information content (AvgIpc) is 2.86. The molecule has 2 heterocycles. The molecule has 0 aliphatic carbocycles. The molecule has 1 nitrogen and oxygen atoms in total. The molecule has 20 heavy (non-hydrogen) atoms. The van der Waals surface area contributed by atoms with Gasteiger partial charge in [-0.15, -0.1) is 11.3 Å². The third kappa shape index (κ3) is 1.80. The minimum Gasteiger partial charge on any atom is -0.309 e. The van der Waals surface area contributed by atoms with Crippen molar-refractivity contribution in [2.24, 2.45) is 0 Å². The predicted octanol–water partition coefficient (Wildman–Crippen LogP) is 4.52. The van der Waals surface area contributed by atoms with Gasteiger partial charge in [0.25, 0.3) is 0 Å². The molecule has 1 aliphatic rings. The van der Waals surface area contributed by atoms with E-state index in [0.29, 0.717) is 12.0 Å². The predicted molar refractivity (Wildman–Crippen MR) is 86.4 cm³/mol. The first-order valence-corrected chi connectivity index (χ1v) is 7.95. The van der Waals surface area contributed by atoms with Crippen LogP contribution >= 0.6 is 11.3 Å². The molecule has 0 bridgehead atoms. The van der Waals surface area contributed by atoms with Crippen LogP contribution in [0.1, 0.15) is 28.8 Å². The molecular weight excluding hydrogens is 262 g/mol. The van der Waals surface area contributed by atoms with Gasteiger partial charge < -0.3 is 5.32 Å². The van der Waals surface area contributed by atoms with E-state index in [1.807, 2.05) is 11.3 Å². The van der Waals surface area contributed by atoms with Gasteiger partial charge >= 0.3 is 0 Å². The molecule has 0 spiro atoms. The second-order valence-electron chi connectivity index (χ2n) is 5.50. The molecule has 1 aromatic heterocycles. The summed E-state index contributed by atoms with van der Waals surface area (Å²) in [7, 11) is 0. The monoisotopic (exact) mass is 279 g/mol. The molecule has 0 fully saturated rings. The van der Waals surface area contributed by atoms with E-state index in [2.05, 4.69) is 66.8 Å². The number of thiophene rings is 1. The summed E-state index contributed by atoms with van der Waals surface area (Å²) >= 11 is 1.97. The summed E-state index contributed by atoms with van der Waals surface area (Å²) in [6.45, 7) is 3.29. The van der Waals surface area contributed by atoms with Crippen molar-refractivity contribution in [3.8, 4) is 0 Å². The number of benzene rings is 2. The summed E-state index contributed by atoms with van der Waals surface area (Å²) < 4.78 is 1.41. The molecule has 1 aliphatic heterocycles. The zero-order valence-corrected chi connectivity index (χ0v) is 12.3. The van der Waals surface area contributed by atoms with E-state index in [-0.39, 0.29) is 0 Å². The topological polar surface area (TPSA) is 12.0 Å². The van der Waals surface area contributed by atoms with E-state index < -0.39 is 0 Å². The van der Waals surface area contributed by atoms with Gasteiger partial charge in [-0.05, 0) is 29.5 Å². The third-order valence-corrected chi connectivity index (χ3v) is 5.57. The fourth-order valence-corrected chi connectivity index (χ4v) is 4.72. The van der Waals surface area contributed by atoms with Gasteiger partial charge in [-0.25, -0.2) is 0 Å². The standard InChI is InChI=1S/C18H17NS/c1-12-17(13-7-3-2-4-8-13)18-15(11-19-12)14-9-5-6-10-16(14)20-18/h2-10,12,17,19H,11H2,1H3. The van der Waals surface area contributed by atoms with Crippen molar-refractivity contribution in [1.29, 1.82) is 0 Å². The second-order valence-corrected chi connectivity index (χ2v) is 6.58. The Morgan fingerprint density at radius 1 is 1.00 bits per heavy atom. The third-order valence-electron chi connectivity index (χ3n) is 4.27. The van der Waals surface area contributed by atoms with Gasteiger partial charge in [0, 0.05) is 28.1 Å². The highest BCUT2D eigenvalue weighted by Crippen LogP contribution is 2.42. The van der Waals surface area contributed by atoms with Gasteiger partial charge in [-0.3, -0.25) is 0 Å². The Morgan fingerprint density at radius 2 is 1.75 bits per heavy atom. The maximum Gasteiger partial charge on any atom is 0.0349 e. The summed E-state index contributed by atoms with van der Waals surface area (Å²) in [5, 5.41) is 5.10. The van der Waals surface area contributed by atoms with E-state index in [0.717, 1.165) is 6.54 Å². The van der Waals surface area contributed by atoms with Gasteiger partial charge in [0.2, 0.25) is 0 Å². The van der Waals surface area contributed by atoms with Gasteiger partial charge in [0.1, 0.15) is 0 Å². The van der Waals surface area contributed by atoms with Crippen molar-refractivity contribution in [2.45, 2.75) is 25.4 Å². The molecule has 0 saturated heterocycles. The molecule has 3 aromatic rings. The summed E-state index contributed by atoms with van der Waals surface area (Å²) in [5.74, 6) is 0.470. The van der Waals surface area contributed by atoms with E-state index in [1.54, 1.807) is 4.88 Å². The first-order valence-electron chi connectivity index (χ1n) is 7.13. The summed E-state index contributed by atoms with van der Waals surface area (Å²) in [4.78, 5) is 1.55. The van der Waals surface area contributed by atoms with Crippen LogP contribution in [0.5, 0.6) is 0 Å². The largest absolute Gasteiger partial charge is 0.309 e. The van der Waals surface area contributed by atoms with Crippen LogP contribution < -0.4 is 5.32 Å². The summed E-state index contributed by atoms with van der Waals surface area (Å²) in [5.41, 5.74) is 2.91. The highest BCUT2D eigenvalue weighted by Gasteiger charge is 2.30. The fourth-order valence-electron chi connectivity index (χ4n) is 3.26. The minimum atomic E-state index is 0.470. The number of hydrogen-bond donors (Lipinski definition) is 1. The highest BCUT2D eigenvalue weighted by atomic mass is 32.1. The molecule has 2 aromatic carbocycles. The molecule has 0 saturated carbocycles. The van der Waals surface area contributed by atoms with Crippen LogP contribution in [0.2, 0.25) is 0 Å². The lowest BCUT2D eigenvalue weighted by Gasteiger charge is -2.30. The second kappa shape index (κ2) is 4.72. The Hall–Kier alpha value is -1.64. The van der Waals surface area contributed by atoms with Crippen molar-refractivity contribution in [3.05, 3.63) is 70.6 Å². The van der Waals surface area contributed by atoms with Crippen LogP contribution in [0, 0.1) is 0 Å². The summed E-state index contributed by atoms with van der Waals surface area (Å²) in [6.07, 6.45) is 0. The van der Waals surface area contributed by atoms with Gasteiger partial charge in [-0.1, -0.05) is 48.5 Å². The van der Waals surface area contributed by atoms with Crippen LogP contribution in [0.25, 0.3) is 10.1 Å². The lowest BCUT2D eigenvalue weighted by molar-refractivity contribution is 0.475. The van der Waals surface area contributed by atoms with Crippen molar-refractivity contribution in [3.63, 3.8) is 0 Å². The Labute approximate surface area is 123 Å². The average molecular weight is 279 g/mol. The number of rotatable bonds is 1. The van der Waals surface area contributed by atoms with Crippen LogP contribution in [0.3, 0.4) is 0 Å². The number of fused-ring (bicyclic) bond motifs is 3. The maximum absolute atomic E-state index is 3.67. The quantitative estimate of drug-likeness (QED) is 0.690. The van der Waals surface area contributed by atoms with Crippen LogP contribution in [0.15, 0.2) is 54.6 Å². The van der Waals surface area contributed by atoms with Crippen LogP contribution in [0.4, 0.5) is 0 Å². The Bertz CT molecular complexity index is 744. The van der Waals surface area contributed by atoms with Gasteiger partial charge in [-0.2, -0.15) is 0 Å². The van der Waals surface area contributed by atoms with E-state index in [1.165, 1.54) is 21.2 Å². The first kappa shape index (κ1) is 12.1. The Kier molecular flexibility index (Phi) is 2.86. The number of hydrogen-bond acceptors (Lipinski definition) is 2. The maximum atomic E-state index is 3.67. The van der Waals surface area contributed by atoms with E-state index >= 15 is 0 Å². The van der Waals surface area contributed by atoms with Gasteiger partial charge in [0.05, 0.1) is 0 Å². The molecule has 2 atom stereocenters. The van der Waals surface area contributed by atoms with Crippen molar-refractivity contribution < 1.29 is 0 Å². The molecule has 1 N–H and O–H groups in total. The normalized spacial score (nSPS) is 21.9. The van der Waals surface area contributed by atoms with Gasteiger partial charge in [0.15, 0.2) is 0 Å². The first-order chi connectivity index (χ1) is 9.84. The minimum absolute atomic E-state index is 0.470. The lowest BCUT2D eigenvalue weighted by Crippen LogP contribution is -2.36. The zero-order valence-electron chi connectivity index (χ0n) is 11.5. The van der Waals surface area contributed by atoms with Crippen molar-refractivity contribution in [1.82, 2.24) is 5.32 Å². The smallest absolute Gasteiger partial charge is 0.0349 e. The van der Waals surface area contributed by atoms with E-state index in [9.17, 15) is 0 Å². The Balaban J connectivity index is 1.94. The van der Waals surface area contributed by atoms with Crippen molar-refractivity contribution in [2.75, 3.05) is 0 Å². The highest BCUT2D eigenvalue weighted by molar-refractivity contribution is 7.19. The zero-order chi connectivity index (χ0) is 13.5. The molecular formula is C18H17NS. The van der Waals surface area contributed by atoms with E-state index in [4.69, 9.17) is 0 Å². The van der Waals surface area contributed by atoms with Crippen LogP contribution in [-0.4, -0.2) is 6.04 Å². The molecule has 2 heteroatoms. The molecule has 2 unspecified atom stereocenters. The number of nitrogens with one attached hydrogen (secondary N) is 1. The molecule has 4 rings (SSSR count).